The predicted octanol–water partition coefficient (Wildman–Crippen LogP) is 3.62. The number of hydrogen-bond acceptors (Lipinski definition) is 5. The van der Waals surface area contributed by atoms with Gasteiger partial charge in [0.15, 0.2) is 0 Å². The van der Waals surface area contributed by atoms with Gasteiger partial charge >= 0.3 is 0 Å². The lowest BCUT2D eigenvalue weighted by molar-refractivity contribution is -0.115. The third-order valence-corrected chi connectivity index (χ3v) is 6.96. The Hall–Kier alpha value is -2.97. The summed E-state index contributed by atoms with van der Waals surface area (Å²) in [5, 5.41) is 2.77. The molecule has 0 aliphatic carbocycles. The molecule has 1 fully saturated rings. The molecule has 30 heavy (non-hydrogen) atoms. The summed E-state index contributed by atoms with van der Waals surface area (Å²) in [5.74, 6) is 0.755. The number of nitrogens with one attached hydrogen (secondary N) is 1. The number of aryl methyl sites for hydroxylation is 1. The number of benzene rings is 2. The van der Waals surface area contributed by atoms with Gasteiger partial charge in [0.1, 0.15) is 5.76 Å². The Labute approximate surface area is 175 Å². The third kappa shape index (κ3) is 4.29. The van der Waals surface area contributed by atoms with E-state index in [1.807, 2.05) is 30.3 Å². The smallest absolute Gasteiger partial charge is 0.243 e. The van der Waals surface area contributed by atoms with E-state index in [9.17, 15) is 13.2 Å². The van der Waals surface area contributed by atoms with Crippen molar-refractivity contribution >= 4 is 21.6 Å². The molecule has 0 unspecified atom stereocenters. The molecule has 0 radical (unpaired) electrons. The highest BCUT2D eigenvalue weighted by atomic mass is 32.2. The maximum Gasteiger partial charge on any atom is 0.243 e. The van der Waals surface area contributed by atoms with Gasteiger partial charge in [0, 0.05) is 24.3 Å². The van der Waals surface area contributed by atoms with Gasteiger partial charge in [0.05, 0.1) is 17.0 Å². The summed E-state index contributed by atoms with van der Waals surface area (Å²) >= 11 is 0. The van der Waals surface area contributed by atoms with Gasteiger partial charge in [0.25, 0.3) is 0 Å². The average molecular weight is 426 g/mol. The Balaban J connectivity index is 1.47. The van der Waals surface area contributed by atoms with Crippen LogP contribution in [0.25, 0.3) is 11.5 Å². The Morgan fingerprint density at radius 3 is 2.57 bits per heavy atom. The molecule has 8 heteroatoms. The monoisotopic (exact) mass is 425 g/mol. The van der Waals surface area contributed by atoms with Gasteiger partial charge < -0.3 is 9.73 Å². The summed E-state index contributed by atoms with van der Waals surface area (Å²) in [6.07, 6.45) is 1.78. The quantitative estimate of drug-likeness (QED) is 0.651. The number of carbonyl (C=O) groups is 1. The largest absolute Gasteiger partial charge is 0.441 e. The first kappa shape index (κ1) is 20.3. The van der Waals surface area contributed by atoms with Gasteiger partial charge in [-0.25, -0.2) is 13.4 Å². The van der Waals surface area contributed by atoms with Crippen molar-refractivity contribution in [1.29, 1.82) is 0 Å². The Bertz CT molecular complexity index is 1150. The normalized spacial score (nSPS) is 14.7. The fraction of sp³-hybridized carbons (Fsp3) is 0.273. The highest BCUT2D eigenvalue weighted by molar-refractivity contribution is 7.89. The Kier molecular flexibility index (Phi) is 5.69. The second kappa shape index (κ2) is 8.41. The molecule has 1 amide bonds. The fourth-order valence-electron chi connectivity index (χ4n) is 3.47. The van der Waals surface area contributed by atoms with Crippen LogP contribution >= 0.6 is 0 Å². The molecule has 1 aliphatic rings. The van der Waals surface area contributed by atoms with Crippen LogP contribution in [-0.4, -0.2) is 36.7 Å². The number of amides is 1. The van der Waals surface area contributed by atoms with Crippen molar-refractivity contribution in [3.8, 4) is 11.5 Å². The van der Waals surface area contributed by atoms with Crippen LogP contribution in [0, 0.1) is 6.92 Å². The summed E-state index contributed by atoms with van der Waals surface area (Å²) in [6, 6.07) is 15.8. The molecule has 0 atom stereocenters. The molecule has 156 valence electrons. The van der Waals surface area contributed by atoms with Gasteiger partial charge in [0.2, 0.25) is 21.8 Å². The van der Waals surface area contributed by atoms with Crippen molar-refractivity contribution in [2.75, 3.05) is 18.4 Å². The first-order valence-corrected chi connectivity index (χ1v) is 11.3. The summed E-state index contributed by atoms with van der Waals surface area (Å²) in [5.41, 5.74) is 1.82. The van der Waals surface area contributed by atoms with E-state index >= 15 is 0 Å². The van der Waals surface area contributed by atoms with E-state index in [-0.39, 0.29) is 17.2 Å². The molecule has 3 aromatic rings. The van der Waals surface area contributed by atoms with Crippen LogP contribution in [0.4, 0.5) is 5.69 Å². The van der Waals surface area contributed by atoms with Crippen molar-refractivity contribution in [3.63, 3.8) is 0 Å². The number of nitrogens with zero attached hydrogens (tertiary/aromatic N) is 2. The van der Waals surface area contributed by atoms with Crippen molar-refractivity contribution < 1.29 is 17.6 Å². The molecule has 0 saturated carbocycles. The molecule has 7 nitrogen and oxygen atoms in total. The van der Waals surface area contributed by atoms with Crippen LogP contribution in [0.5, 0.6) is 0 Å². The molecular formula is C22H23N3O4S. The zero-order valence-electron chi connectivity index (χ0n) is 16.7. The molecule has 1 N–H and O–H groups in total. The molecule has 4 rings (SSSR count). The number of sulfonamides is 1. The molecule has 2 heterocycles. The minimum Gasteiger partial charge on any atom is -0.441 e. The molecule has 0 bridgehead atoms. The second-order valence-electron chi connectivity index (χ2n) is 7.25. The maximum atomic E-state index is 12.7. The highest BCUT2D eigenvalue weighted by Gasteiger charge is 2.27. The average Bonchev–Trinajstić information content (AvgIpc) is 3.40. The number of anilines is 1. The van der Waals surface area contributed by atoms with Crippen LogP contribution in [0.3, 0.4) is 0 Å². The lowest BCUT2D eigenvalue weighted by Crippen LogP contribution is -2.28. The van der Waals surface area contributed by atoms with Crippen LogP contribution in [0.15, 0.2) is 63.9 Å². The predicted molar refractivity (Wildman–Crippen MR) is 113 cm³/mol. The third-order valence-electron chi connectivity index (χ3n) is 5.06. The van der Waals surface area contributed by atoms with E-state index < -0.39 is 10.0 Å². The van der Waals surface area contributed by atoms with E-state index in [0.717, 1.165) is 18.4 Å². The van der Waals surface area contributed by atoms with Crippen molar-refractivity contribution in [2.24, 2.45) is 0 Å². The Morgan fingerprint density at radius 1 is 1.10 bits per heavy atom. The van der Waals surface area contributed by atoms with Gasteiger partial charge in [-0.3, -0.25) is 4.79 Å². The fourth-order valence-corrected chi connectivity index (χ4v) is 5.03. The lowest BCUT2D eigenvalue weighted by Gasteiger charge is -2.16. The number of carbonyl (C=O) groups excluding carboxylic acids is 1. The lowest BCUT2D eigenvalue weighted by atomic mass is 10.2. The van der Waals surface area contributed by atoms with E-state index in [0.29, 0.717) is 36.1 Å². The summed E-state index contributed by atoms with van der Waals surface area (Å²) in [4.78, 5) is 17.2. The van der Waals surface area contributed by atoms with E-state index in [1.54, 1.807) is 25.1 Å². The van der Waals surface area contributed by atoms with Crippen LogP contribution in [0.2, 0.25) is 0 Å². The number of oxazole rings is 1. The zero-order chi connectivity index (χ0) is 21.1. The summed E-state index contributed by atoms with van der Waals surface area (Å²) in [6.45, 7) is 2.84. The van der Waals surface area contributed by atoms with Crippen LogP contribution in [-0.2, 0) is 21.2 Å². The minimum absolute atomic E-state index is 0.0330. The Morgan fingerprint density at radius 2 is 1.83 bits per heavy atom. The molecule has 0 spiro atoms. The van der Waals surface area contributed by atoms with Crippen molar-refractivity contribution in [3.05, 3.63) is 66.1 Å². The van der Waals surface area contributed by atoms with E-state index in [1.165, 1.54) is 10.4 Å². The summed E-state index contributed by atoms with van der Waals surface area (Å²) < 4.78 is 32.7. The summed E-state index contributed by atoms with van der Waals surface area (Å²) in [7, 11) is -3.54. The van der Waals surface area contributed by atoms with Crippen molar-refractivity contribution in [1.82, 2.24) is 9.29 Å². The second-order valence-corrected chi connectivity index (χ2v) is 9.19. The van der Waals surface area contributed by atoms with Gasteiger partial charge in [-0.2, -0.15) is 4.31 Å². The van der Waals surface area contributed by atoms with Gasteiger partial charge in [-0.15, -0.1) is 0 Å². The van der Waals surface area contributed by atoms with Crippen molar-refractivity contribution in [2.45, 2.75) is 31.1 Å². The molecular weight excluding hydrogens is 402 g/mol. The van der Waals surface area contributed by atoms with Crippen LogP contribution < -0.4 is 5.32 Å². The molecule has 2 aromatic carbocycles. The standard InChI is InChI=1S/C22H23N3O4S/c1-16-20(24-22(29-16)17-8-3-2-4-9-17)15-21(26)23-18-10-7-11-19(14-18)30(27,28)25-12-5-6-13-25/h2-4,7-11,14H,5-6,12-13,15H2,1H3,(H,23,26). The number of hydrogen-bond donors (Lipinski definition) is 1. The molecule has 1 saturated heterocycles. The zero-order valence-corrected chi connectivity index (χ0v) is 17.5. The van der Waals surface area contributed by atoms with E-state index in [4.69, 9.17) is 4.42 Å². The topological polar surface area (TPSA) is 92.5 Å². The maximum absolute atomic E-state index is 12.7. The van der Waals surface area contributed by atoms with Crippen LogP contribution in [0.1, 0.15) is 24.3 Å². The van der Waals surface area contributed by atoms with E-state index in [2.05, 4.69) is 10.3 Å². The highest BCUT2D eigenvalue weighted by Crippen LogP contribution is 2.24. The first-order chi connectivity index (χ1) is 14.4. The molecule has 1 aliphatic heterocycles. The first-order valence-electron chi connectivity index (χ1n) is 9.85. The molecule has 1 aromatic heterocycles. The SMILES string of the molecule is Cc1oc(-c2ccccc2)nc1CC(=O)Nc1cccc(S(=O)(=O)N2CCCC2)c1. The minimum atomic E-state index is -3.54. The number of aromatic nitrogens is 1. The van der Waals surface area contributed by atoms with Gasteiger partial charge in [-0.05, 0) is 50.1 Å². The number of rotatable bonds is 6. The van der Waals surface area contributed by atoms with Gasteiger partial charge in [-0.1, -0.05) is 24.3 Å².